The molecule has 0 spiro atoms. The lowest BCUT2D eigenvalue weighted by Gasteiger charge is -2.18. The molecule has 4 rings (SSSR count). The van der Waals surface area contributed by atoms with Gasteiger partial charge in [0.15, 0.2) is 11.5 Å². The van der Waals surface area contributed by atoms with E-state index in [1.165, 1.54) is 25.3 Å². The van der Waals surface area contributed by atoms with Gasteiger partial charge in [-0.05, 0) is 47.0 Å². The molecule has 1 atom stereocenters. The first kappa shape index (κ1) is 25.8. The standard InChI is InChI=1S/C16H14O3.C14H12O3/c1-3-12(11-7-5-4-6-8-11)13-9-15(18)16(19-2)10-14(13)17;15-12-5-3-10(4-6-12)1-2-11-7-13(16)9-14(17)8-11/h3-10,12H,1H2,2H3;1-9,15-17H. The topological polar surface area (TPSA) is 104 Å². The molecule has 1 aliphatic rings. The number of phenols is 3. The largest absolute Gasteiger partial charge is 0.508 e. The van der Waals surface area contributed by atoms with Gasteiger partial charge in [0.1, 0.15) is 17.2 Å². The molecule has 3 aromatic carbocycles. The van der Waals surface area contributed by atoms with Crippen LogP contribution in [0.15, 0.2) is 109 Å². The second kappa shape index (κ2) is 12.0. The number of carbonyl (C=O) groups excluding carboxylic acids is 2. The average Bonchev–Trinajstić information content (AvgIpc) is 2.86. The predicted octanol–water partition coefficient (Wildman–Crippen LogP) is 5.54. The molecule has 0 fully saturated rings. The van der Waals surface area contributed by atoms with Crippen molar-refractivity contribution in [3.63, 3.8) is 0 Å². The fraction of sp³-hybridized carbons (Fsp3) is 0.0667. The monoisotopic (exact) mass is 482 g/mol. The van der Waals surface area contributed by atoms with Crippen LogP contribution in [0.3, 0.4) is 0 Å². The summed E-state index contributed by atoms with van der Waals surface area (Å²) in [7, 11) is 1.37. The van der Waals surface area contributed by atoms with E-state index in [-0.39, 0.29) is 40.5 Å². The zero-order chi connectivity index (χ0) is 26.1. The van der Waals surface area contributed by atoms with Gasteiger partial charge in [-0.1, -0.05) is 60.7 Å². The minimum Gasteiger partial charge on any atom is -0.508 e. The molecule has 6 nitrogen and oxygen atoms in total. The molecule has 0 aromatic heterocycles. The molecular weight excluding hydrogens is 456 g/mol. The number of hydrogen-bond acceptors (Lipinski definition) is 6. The summed E-state index contributed by atoms with van der Waals surface area (Å²) in [4.78, 5) is 23.8. The first-order chi connectivity index (χ1) is 17.3. The van der Waals surface area contributed by atoms with Gasteiger partial charge in [-0.3, -0.25) is 9.59 Å². The van der Waals surface area contributed by atoms with Crippen molar-refractivity contribution in [2.24, 2.45) is 0 Å². The van der Waals surface area contributed by atoms with E-state index in [4.69, 9.17) is 9.84 Å². The minimum atomic E-state index is -0.292. The van der Waals surface area contributed by atoms with E-state index >= 15 is 0 Å². The zero-order valence-electron chi connectivity index (χ0n) is 19.7. The SMILES string of the molecule is C=CC(C1=CC(=O)C(OC)=CC1=O)c1ccccc1.Oc1ccc(C=Cc2cc(O)cc(O)c2)cc1. The van der Waals surface area contributed by atoms with Crippen LogP contribution in [0.25, 0.3) is 12.2 Å². The molecule has 1 aliphatic carbocycles. The van der Waals surface area contributed by atoms with Crippen LogP contribution in [-0.4, -0.2) is 34.0 Å². The Morgan fingerprint density at radius 1 is 0.750 bits per heavy atom. The third-order valence-corrected chi connectivity index (χ3v) is 5.31. The van der Waals surface area contributed by atoms with E-state index in [2.05, 4.69) is 6.58 Å². The molecule has 3 N–H and O–H groups in total. The smallest absolute Gasteiger partial charge is 0.220 e. The van der Waals surface area contributed by atoms with E-state index in [9.17, 15) is 19.8 Å². The maximum Gasteiger partial charge on any atom is 0.220 e. The molecule has 182 valence electrons. The molecule has 36 heavy (non-hydrogen) atoms. The van der Waals surface area contributed by atoms with Gasteiger partial charge >= 0.3 is 0 Å². The first-order valence-electron chi connectivity index (χ1n) is 11.0. The van der Waals surface area contributed by atoms with Crippen LogP contribution in [-0.2, 0) is 14.3 Å². The molecule has 0 saturated heterocycles. The van der Waals surface area contributed by atoms with Crippen LogP contribution < -0.4 is 0 Å². The van der Waals surface area contributed by atoms with Gasteiger partial charge in [0.05, 0.1) is 7.11 Å². The molecule has 0 radical (unpaired) electrons. The number of hydrogen-bond donors (Lipinski definition) is 3. The lowest BCUT2D eigenvalue weighted by molar-refractivity contribution is -0.117. The molecule has 0 amide bonds. The molecule has 6 heteroatoms. The number of methoxy groups -OCH3 is 1. The van der Waals surface area contributed by atoms with Gasteiger partial charge in [-0.2, -0.15) is 0 Å². The van der Waals surface area contributed by atoms with Gasteiger partial charge < -0.3 is 20.1 Å². The van der Waals surface area contributed by atoms with Crippen LogP contribution in [0, 0.1) is 0 Å². The van der Waals surface area contributed by atoms with Crippen LogP contribution in [0.2, 0.25) is 0 Å². The van der Waals surface area contributed by atoms with Gasteiger partial charge in [-0.25, -0.2) is 0 Å². The van der Waals surface area contributed by atoms with Crippen LogP contribution in [0.1, 0.15) is 22.6 Å². The normalized spacial score (nSPS) is 13.8. The van der Waals surface area contributed by atoms with Crippen molar-refractivity contribution in [3.05, 3.63) is 126 Å². The fourth-order valence-electron chi connectivity index (χ4n) is 3.55. The van der Waals surface area contributed by atoms with Gasteiger partial charge in [0.2, 0.25) is 5.78 Å². The average molecular weight is 483 g/mol. The number of allylic oxidation sites excluding steroid dienone is 4. The van der Waals surface area contributed by atoms with Crippen molar-refractivity contribution in [2.45, 2.75) is 5.92 Å². The highest BCUT2D eigenvalue weighted by Crippen LogP contribution is 2.29. The highest BCUT2D eigenvalue weighted by molar-refractivity contribution is 6.19. The Labute approximate surface area is 209 Å². The Bertz CT molecular complexity index is 1310. The molecule has 0 heterocycles. The Kier molecular flexibility index (Phi) is 8.62. The maximum absolute atomic E-state index is 12.1. The summed E-state index contributed by atoms with van der Waals surface area (Å²) >= 11 is 0. The maximum atomic E-state index is 12.1. The Balaban J connectivity index is 0.000000202. The zero-order valence-corrected chi connectivity index (χ0v) is 19.7. The van der Waals surface area contributed by atoms with Crippen molar-refractivity contribution in [2.75, 3.05) is 7.11 Å². The van der Waals surface area contributed by atoms with E-state index in [0.29, 0.717) is 11.1 Å². The Morgan fingerprint density at radius 3 is 1.94 bits per heavy atom. The van der Waals surface area contributed by atoms with Crippen molar-refractivity contribution in [1.29, 1.82) is 0 Å². The second-order valence-corrected chi connectivity index (χ2v) is 7.87. The number of ether oxygens (including phenoxy) is 1. The molecule has 1 unspecified atom stereocenters. The second-order valence-electron chi connectivity index (χ2n) is 7.87. The number of phenolic OH excluding ortho intramolecular Hbond substituents is 3. The third-order valence-electron chi connectivity index (χ3n) is 5.31. The van der Waals surface area contributed by atoms with Gasteiger partial charge in [0, 0.05) is 23.6 Å². The number of aromatic hydroxyl groups is 3. The molecule has 0 saturated carbocycles. The Morgan fingerprint density at radius 2 is 1.36 bits per heavy atom. The summed E-state index contributed by atoms with van der Waals surface area (Å²) in [6, 6.07) is 20.6. The van der Waals surface area contributed by atoms with Crippen LogP contribution >= 0.6 is 0 Å². The quantitative estimate of drug-likeness (QED) is 0.242. The molecule has 3 aromatic rings. The van der Waals surface area contributed by atoms with E-state index in [1.807, 2.05) is 36.4 Å². The summed E-state index contributed by atoms with van der Waals surface area (Å²) < 4.78 is 4.86. The predicted molar refractivity (Wildman–Crippen MR) is 139 cm³/mol. The summed E-state index contributed by atoms with van der Waals surface area (Å²) in [5.41, 5.74) is 2.98. The van der Waals surface area contributed by atoms with Crippen LogP contribution in [0.4, 0.5) is 0 Å². The Hall–Kier alpha value is -4.84. The summed E-state index contributed by atoms with van der Waals surface area (Å²) in [5, 5.41) is 27.7. The van der Waals surface area contributed by atoms with E-state index < -0.39 is 0 Å². The minimum absolute atomic E-state index is 0.0235. The number of benzene rings is 3. The van der Waals surface area contributed by atoms with Crippen LogP contribution in [0.5, 0.6) is 17.2 Å². The van der Waals surface area contributed by atoms with Crippen molar-refractivity contribution >= 4 is 23.7 Å². The first-order valence-corrected chi connectivity index (χ1v) is 11.0. The third kappa shape index (κ3) is 6.84. The number of carbonyl (C=O) groups is 2. The van der Waals surface area contributed by atoms with Crippen molar-refractivity contribution in [3.8, 4) is 17.2 Å². The summed E-state index contributed by atoms with van der Waals surface area (Å²) in [6.07, 6.45) is 7.83. The molecule has 0 bridgehead atoms. The molecular formula is C30H26O6. The van der Waals surface area contributed by atoms with E-state index in [1.54, 1.807) is 48.6 Å². The lowest BCUT2D eigenvalue weighted by atomic mass is 9.85. The summed E-state index contributed by atoms with van der Waals surface area (Å²) in [5.74, 6) is -0.454. The van der Waals surface area contributed by atoms with Gasteiger partial charge in [0.25, 0.3) is 0 Å². The van der Waals surface area contributed by atoms with Gasteiger partial charge in [-0.15, -0.1) is 6.58 Å². The van der Waals surface area contributed by atoms with Crippen molar-refractivity contribution < 1.29 is 29.6 Å². The molecule has 0 aliphatic heterocycles. The lowest BCUT2D eigenvalue weighted by Crippen LogP contribution is -2.18. The summed E-state index contributed by atoms with van der Waals surface area (Å²) in [6.45, 7) is 3.75. The fourth-order valence-corrected chi connectivity index (χ4v) is 3.55. The highest BCUT2D eigenvalue weighted by atomic mass is 16.5. The number of rotatable bonds is 6. The number of ketones is 2. The van der Waals surface area contributed by atoms with Crippen molar-refractivity contribution in [1.82, 2.24) is 0 Å². The highest BCUT2D eigenvalue weighted by Gasteiger charge is 2.26. The van der Waals surface area contributed by atoms with E-state index in [0.717, 1.165) is 11.1 Å².